The van der Waals surface area contributed by atoms with Crippen molar-refractivity contribution in [3.8, 4) is 0 Å². The third-order valence-electron chi connectivity index (χ3n) is 1.85. The first-order valence-corrected chi connectivity index (χ1v) is 4.51. The van der Waals surface area contributed by atoms with Crippen molar-refractivity contribution in [2.45, 2.75) is 6.42 Å². The molecule has 15 heavy (non-hydrogen) atoms. The van der Waals surface area contributed by atoms with Gasteiger partial charge in [-0.2, -0.15) is 0 Å². The summed E-state index contributed by atoms with van der Waals surface area (Å²) in [6, 6.07) is 6.76. The predicted octanol–water partition coefficient (Wildman–Crippen LogP) is 0.0728. The molecule has 0 heterocycles. The van der Waals surface area contributed by atoms with Gasteiger partial charge in [0, 0.05) is 24.2 Å². The van der Waals surface area contributed by atoms with Crippen molar-refractivity contribution < 1.29 is 9.59 Å². The highest BCUT2D eigenvalue weighted by Gasteiger charge is 2.00. The van der Waals surface area contributed by atoms with E-state index in [2.05, 4.69) is 5.32 Å². The number of hydrogen-bond donors (Lipinski definition) is 3. The second-order valence-electron chi connectivity index (χ2n) is 3.09. The first kappa shape index (κ1) is 11.0. The minimum atomic E-state index is -0.478. The number of nitrogens with one attached hydrogen (secondary N) is 1. The Balaban J connectivity index is 2.58. The summed E-state index contributed by atoms with van der Waals surface area (Å²) in [5.74, 6) is -0.845. The predicted molar refractivity (Wildman–Crippen MR) is 57.3 cm³/mol. The van der Waals surface area contributed by atoms with Crippen LogP contribution in [-0.4, -0.2) is 18.4 Å². The molecule has 0 atom stereocenters. The minimum Gasteiger partial charge on any atom is -0.385 e. The van der Waals surface area contributed by atoms with Gasteiger partial charge < -0.3 is 16.8 Å². The van der Waals surface area contributed by atoms with Crippen molar-refractivity contribution in [1.29, 1.82) is 0 Å². The van der Waals surface area contributed by atoms with Gasteiger partial charge in [0.25, 0.3) is 0 Å². The van der Waals surface area contributed by atoms with Crippen LogP contribution in [0.1, 0.15) is 16.8 Å². The molecule has 0 fully saturated rings. The molecule has 1 aromatic rings. The lowest BCUT2D eigenvalue weighted by molar-refractivity contribution is -0.117. The van der Waals surface area contributed by atoms with Gasteiger partial charge in [-0.15, -0.1) is 0 Å². The minimum absolute atomic E-state index is 0.251. The highest BCUT2D eigenvalue weighted by molar-refractivity contribution is 5.93. The first-order valence-electron chi connectivity index (χ1n) is 4.51. The Hall–Kier alpha value is -2.04. The average Bonchev–Trinajstić information content (AvgIpc) is 2.17. The van der Waals surface area contributed by atoms with Crippen LogP contribution in [0.4, 0.5) is 5.69 Å². The SMILES string of the molecule is NC(=O)CCNc1cccc(C(N)=O)c1. The molecule has 0 saturated carbocycles. The van der Waals surface area contributed by atoms with Crippen LogP contribution in [-0.2, 0) is 4.79 Å². The summed E-state index contributed by atoms with van der Waals surface area (Å²) in [7, 11) is 0. The molecule has 0 aromatic heterocycles. The fourth-order valence-electron chi connectivity index (χ4n) is 1.11. The zero-order chi connectivity index (χ0) is 11.3. The van der Waals surface area contributed by atoms with Crippen LogP contribution in [0.3, 0.4) is 0 Å². The van der Waals surface area contributed by atoms with Gasteiger partial charge >= 0.3 is 0 Å². The molecule has 0 radical (unpaired) electrons. The maximum Gasteiger partial charge on any atom is 0.248 e. The van der Waals surface area contributed by atoms with Crippen molar-refractivity contribution in [2.24, 2.45) is 11.5 Å². The van der Waals surface area contributed by atoms with Crippen LogP contribution in [0.5, 0.6) is 0 Å². The molecule has 1 rings (SSSR count). The lowest BCUT2D eigenvalue weighted by atomic mass is 10.2. The Morgan fingerprint density at radius 1 is 1.27 bits per heavy atom. The van der Waals surface area contributed by atoms with Gasteiger partial charge in [0.05, 0.1) is 0 Å². The van der Waals surface area contributed by atoms with E-state index in [0.29, 0.717) is 12.1 Å². The molecular formula is C10H13N3O2. The molecule has 0 bridgehead atoms. The van der Waals surface area contributed by atoms with Crippen molar-refractivity contribution in [2.75, 3.05) is 11.9 Å². The normalized spacial score (nSPS) is 9.60. The summed E-state index contributed by atoms with van der Waals surface area (Å²) < 4.78 is 0. The van der Waals surface area contributed by atoms with Gasteiger partial charge in [-0.05, 0) is 18.2 Å². The molecular weight excluding hydrogens is 194 g/mol. The number of primary amides is 2. The van der Waals surface area contributed by atoms with Gasteiger partial charge in [-0.3, -0.25) is 9.59 Å². The smallest absolute Gasteiger partial charge is 0.248 e. The number of benzene rings is 1. The molecule has 0 aliphatic rings. The second-order valence-corrected chi connectivity index (χ2v) is 3.09. The first-order chi connectivity index (χ1) is 7.09. The summed E-state index contributed by atoms with van der Waals surface area (Å²) in [5.41, 5.74) is 11.3. The highest BCUT2D eigenvalue weighted by atomic mass is 16.1. The molecule has 5 nitrogen and oxygen atoms in total. The quantitative estimate of drug-likeness (QED) is 0.637. The standard InChI is InChI=1S/C10H13N3O2/c11-9(14)4-5-13-8-3-1-2-7(6-8)10(12)15/h1-3,6,13H,4-5H2,(H2,11,14)(H2,12,15). The molecule has 0 unspecified atom stereocenters. The Morgan fingerprint density at radius 3 is 2.60 bits per heavy atom. The number of amides is 2. The molecule has 0 aliphatic carbocycles. The van der Waals surface area contributed by atoms with E-state index in [1.165, 1.54) is 0 Å². The Labute approximate surface area is 87.4 Å². The van der Waals surface area contributed by atoms with E-state index in [0.717, 1.165) is 5.69 Å². The Morgan fingerprint density at radius 2 is 2.00 bits per heavy atom. The summed E-state index contributed by atoms with van der Waals surface area (Å²) >= 11 is 0. The Bertz CT molecular complexity index is 377. The number of carbonyl (C=O) groups is 2. The second kappa shape index (κ2) is 4.99. The zero-order valence-corrected chi connectivity index (χ0v) is 8.19. The van der Waals surface area contributed by atoms with Crippen molar-refractivity contribution >= 4 is 17.5 Å². The van der Waals surface area contributed by atoms with Crippen molar-refractivity contribution in [1.82, 2.24) is 0 Å². The van der Waals surface area contributed by atoms with E-state index in [9.17, 15) is 9.59 Å². The summed E-state index contributed by atoms with van der Waals surface area (Å²) in [6.07, 6.45) is 0.251. The maximum atomic E-state index is 10.9. The van der Waals surface area contributed by atoms with Gasteiger partial charge in [-0.25, -0.2) is 0 Å². The molecule has 5 N–H and O–H groups in total. The van der Waals surface area contributed by atoms with E-state index >= 15 is 0 Å². The van der Waals surface area contributed by atoms with Gasteiger partial charge in [-0.1, -0.05) is 6.07 Å². The molecule has 80 valence electrons. The van der Waals surface area contributed by atoms with E-state index in [1.54, 1.807) is 24.3 Å². The molecule has 5 heteroatoms. The van der Waals surface area contributed by atoms with E-state index in [-0.39, 0.29) is 12.3 Å². The lowest BCUT2D eigenvalue weighted by Crippen LogP contribution is -2.16. The number of nitrogens with two attached hydrogens (primary N) is 2. The van der Waals surface area contributed by atoms with Crippen LogP contribution in [0.25, 0.3) is 0 Å². The number of anilines is 1. The van der Waals surface area contributed by atoms with Gasteiger partial charge in [0.1, 0.15) is 0 Å². The molecule has 2 amide bonds. The largest absolute Gasteiger partial charge is 0.385 e. The van der Waals surface area contributed by atoms with Crippen LogP contribution in [0, 0.1) is 0 Å². The fourth-order valence-corrected chi connectivity index (χ4v) is 1.11. The average molecular weight is 207 g/mol. The molecule has 0 saturated heterocycles. The fraction of sp³-hybridized carbons (Fsp3) is 0.200. The third-order valence-corrected chi connectivity index (χ3v) is 1.85. The Kier molecular flexibility index (Phi) is 3.68. The van der Waals surface area contributed by atoms with Crippen LogP contribution in [0.2, 0.25) is 0 Å². The number of hydrogen-bond acceptors (Lipinski definition) is 3. The topological polar surface area (TPSA) is 98.2 Å². The number of rotatable bonds is 5. The summed E-state index contributed by atoms with van der Waals surface area (Å²) in [6.45, 7) is 0.442. The third kappa shape index (κ3) is 3.68. The number of carbonyl (C=O) groups excluding carboxylic acids is 2. The molecule has 0 spiro atoms. The van der Waals surface area contributed by atoms with Crippen molar-refractivity contribution in [3.05, 3.63) is 29.8 Å². The monoisotopic (exact) mass is 207 g/mol. The highest BCUT2D eigenvalue weighted by Crippen LogP contribution is 2.09. The van der Waals surface area contributed by atoms with Crippen molar-refractivity contribution in [3.63, 3.8) is 0 Å². The van der Waals surface area contributed by atoms with E-state index in [1.807, 2.05) is 0 Å². The van der Waals surface area contributed by atoms with Crippen LogP contribution < -0.4 is 16.8 Å². The lowest BCUT2D eigenvalue weighted by Gasteiger charge is -2.05. The van der Waals surface area contributed by atoms with Crippen LogP contribution in [0.15, 0.2) is 24.3 Å². The summed E-state index contributed by atoms with van der Waals surface area (Å²) in [4.78, 5) is 21.3. The molecule has 1 aromatic carbocycles. The molecule has 0 aliphatic heterocycles. The van der Waals surface area contributed by atoms with Gasteiger partial charge in [0.2, 0.25) is 11.8 Å². The van der Waals surface area contributed by atoms with Crippen LogP contribution >= 0.6 is 0 Å². The zero-order valence-electron chi connectivity index (χ0n) is 8.19. The van der Waals surface area contributed by atoms with E-state index < -0.39 is 5.91 Å². The maximum absolute atomic E-state index is 10.9. The summed E-state index contributed by atoms with van der Waals surface area (Å²) in [5, 5.41) is 2.96. The van der Waals surface area contributed by atoms with Gasteiger partial charge in [0.15, 0.2) is 0 Å². The van der Waals surface area contributed by atoms with E-state index in [4.69, 9.17) is 11.5 Å².